The van der Waals surface area contributed by atoms with E-state index in [-0.39, 0.29) is 28.5 Å². The fourth-order valence-electron chi connectivity index (χ4n) is 3.33. The van der Waals surface area contributed by atoms with Gasteiger partial charge in [0.2, 0.25) is 15.9 Å². The molecule has 6 nitrogen and oxygen atoms in total. The fourth-order valence-corrected chi connectivity index (χ4v) is 6.23. The second-order valence-corrected chi connectivity index (χ2v) is 11.6. The van der Waals surface area contributed by atoms with Crippen LogP contribution in [0.3, 0.4) is 0 Å². The van der Waals surface area contributed by atoms with Crippen LogP contribution in [0, 0.1) is 5.92 Å². The van der Waals surface area contributed by atoms with E-state index >= 15 is 0 Å². The second kappa shape index (κ2) is 9.07. The molecule has 2 aromatic rings. The Hall–Kier alpha value is -1.55. The molecule has 0 aliphatic carbocycles. The SMILES string of the molecule is CC(=O)c1ccc(S(=O)(=O)N2CCC(C(=O)NC(C)c3ccc(Br)s3)CC2)cc1. The maximum absolute atomic E-state index is 12.8. The average Bonchev–Trinajstić information content (AvgIpc) is 3.14. The monoisotopic (exact) mass is 498 g/mol. The van der Waals surface area contributed by atoms with E-state index in [9.17, 15) is 18.0 Å². The molecule has 3 rings (SSSR count). The Bertz CT molecular complexity index is 994. The number of amides is 1. The van der Waals surface area contributed by atoms with Gasteiger partial charge in [-0.1, -0.05) is 12.1 Å². The molecule has 29 heavy (non-hydrogen) atoms. The van der Waals surface area contributed by atoms with Crippen molar-refractivity contribution in [1.82, 2.24) is 9.62 Å². The van der Waals surface area contributed by atoms with Crippen LogP contribution in [0.25, 0.3) is 0 Å². The molecule has 9 heteroatoms. The molecular weight excluding hydrogens is 476 g/mol. The predicted octanol–water partition coefficient (Wildman–Crippen LogP) is 3.99. The molecule has 0 radical (unpaired) electrons. The number of hydrogen-bond acceptors (Lipinski definition) is 5. The third-order valence-corrected chi connectivity index (χ3v) is 8.82. The third kappa shape index (κ3) is 5.14. The van der Waals surface area contributed by atoms with Crippen LogP contribution in [-0.4, -0.2) is 37.5 Å². The lowest BCUT2D eigenvalue weighted by Crippen LogP contribution is -2.43. The Balaban J connectivity index is 1.59. The number of nitrogens with zero attached hydrogens (tertiary/aromatic N) is 1. The molecule has 0 saturated carbocycles. The molecule has 1 aliphatic rings. The molecule has 0 spiro atoms. The summed E-state index contributed by atoms with van der Waals surface area (Å²) in [5.74, 6) is -0.345. The predicted molar refractivity (Wildman–Crippen MR) is 117 cm³/mol. The maximum Gasteiger partial charge on any atom is 0.243 e. The maximum atomic E-state index is 12.8. The molecule has 1 aromatic carbocycles. The van der Waals surface area contributed by atoms with Gasteiger partial charge in [-0.25, -0.2) is 8.42 Å². The molecule has 1 amide bonds. The highest BCUT2D eigenvalue weighted by molar-refractivity contribution is 9.11. The molecule has 1 atom stereocenters. The number of benzene rings is 1. The molecule has 1 unspecified atom stereocenters. The summed E-state index contributed by atoms with van der Waals surface area (Å²) in [5, 5.41) is 3.03. The quantitative estimate of drug-likeness (QED) is 0.610. The minimum Gasteiger partial charge on any atom is -0.349 e. The van der Waals surface area contributed by atoms with E-state index in [0.29, 0.717) is 31.5 Å². The van der Waals surface area contributed by atoms with E-state index in [4.69, 9.17) is 0 Å². The summed E-state index contributed by atoms with van der Waals surface area (Å²) < 4.78 is 28.1. The van der Waals surface area contributed by atoms with E-state index < -0.39 is 10.0 Å². The van der Waals surface area contributed by atoms with Crippen molar-refractivity contribution in [2.75, 3.05) is 13.1 Å². The zero-order valence-electron chi connectivity index (χ0n) is 16.2. The average molecular weight is 499 g/mol. The van der Waals surface area contributed by atoms with Crippen LogP contribution in [-0.2, 0) is 14.8 Å². The summed E-state index contributed by atoms with van der Waals surface area (Å²) in [6.45, 7) is 3.99. The fraction of sp³-hybridized carbons (Fsp3) is 0.400. The summed E-state index contributed by atoms with van der Waals surface area (Å²) in [6, 6.07) is 9.83. The Morgan fingerprint density at radius 3 is 2.28 bits per heavy atom. The van der Waals surface area contributed by atoms with Gasteiger partial charge in [-0.2, -0.15) is 4.31 Å². The van der Waals surface area contributed by atoms with E-state index in [1.54, 1.807) is 11.3 Å². The first kappa shape index (κ1) is 22.1. The number of Topliss-reactive ketones (excluding diaryl/α,β-unsaturated/α-hetero) is 1. The molecule has 0 bridgehead atoms. The van der Waals surface area contributed by atoms with E-state index in [1.807, 2.05) is 19.1 Å². The molecule has 1 N–H and O–H groups in total. The smallest absolute Gasteiger partial charge is 0.243 e. The molecule has 1 saturated heterocycles. The van der Waals surface area contributed by atoms with Crippen LogP contribution in [0.2, 0.25) is 0 Å². The first-order chi connectivity index (χ1) is 13.7. The Morgan fingerprint density at radius 2 is 1.76 bits per heavy atom. The normalized spacial score (nSPS) is 17.1. The molecule has 1 aliphatic heterocycles. The van der Waals surface area contributed by atoms with Gasteiger partial charge in [-0.15, -0.1) is 11.3 Å². The summed E-state index contributed by atoms with van der Waals surface area (Å²) in [7, 11) is -3.63. The highest BCUT2D eigenvalue weighted by Crippen LogP contribution is 2.28. The number of nitrogens with one attached hydrogen (secondary N) is 1. The first-order valence-corrected chi connectivity index (χ1v) is 12.4. The number of piperidine rings is 1. The molecule has 1 aromatic heterocycles. The van der Waals surface area contributed by atoms with Crippen molar-refractivity contribution in [3.05, 3.63) is 50.6 Å². The Kier molecular flexibility index (Phi) is 6.93. The number of rotatable bonds is 6. The minimum atomic E-state index is -3.63. The van der Waals surface area contributed by atoms with Gasteiger partial charge >= 0.3 is 0 Å². The lowest BCUT2D eigenvalue weighted by molar-refractivity contribution is -0.126. The summed E-state index contributed by atoms with van der Waals surface area (Å²) in [6.07, 6.45) is 0.967. The highest BCUT2D eigenvalue weighted by atomic mass is 79.9. The Morgan fingerprint density at radius 1 is 1.14 bits per heavy atom. The van der Waals surface area contributed by atoms with Crippen molar-refractivity contribution in [2.24, 2.45) is 5.92 Å². The summed E-state index contributed by atoms with van der Waals surface area (Å²) in [4.78, 5) is 25.2. The van der Waals surface area contributed by atoms with Gasteiger partial charge in [0.05, 0.1) is 14.7 Å². The Labute approximate surface area is 183 Å². The molecule has 156 valence electrons. The summed E-state index contributed by atoms with van der Waals surface area (Å²) in [5.41, 5.74) is 0.478. The zero-order valence-corrected chi connectivity index (χ0v) is 19.4. The van der Waals surface area contributed by atoms with Gasteiger partial charge in [0.1, 0.15) is 0 Å². The van der Waals surface area contributed by atoms with Crippen molar-refractivity contribution in [3.8, 4) is 0 Å². The first-order valence-electron chi connectivity index (χ1n) is 9.35. The molecular formula is C20H23BrN2O4S2. The number of ketones is 1. The van der Waals surface area contributed by atoms with Crippen LogP contribution >= 0.6 is 27.3 Å². The number of thiophene rings is 1. The molecule has 2 heterocycles. The van der Waals surface area contributed by atoms with Crippen LogP contribution < -0.4 is 5.32 Å². The van der Waals surface area contributed by atoms with E-state index in [1.165, 1.54) is 35.5 Å². The third-order valence-electron chi connectivity index (χ3n) is 5.10. The number of carbonyl (C=O) groups is 2. The second-order valence-electron chi connectivity index (χ2n) is 7.13. The minimum absolute atomic E-state index is 0.0371. The number of hydrogen-bond donors (Lipinski definition) is 1. The summed E-state index contributed by atoms with van der Waals surface area (Å²) >= 11 is 5.01. The van der Waals surface area contributed by atoms with Crippen molar-refractivity contribution >= 4 is 49.0 Å². The standard InChI is InChI=1S/C20H23BrN2O4S2/c1-13(18-7-8-19(21)28-18)22-20(25)16-9-11-23(12-10-16)29(26,27)17-5-3-15(4-6-17)14(2)24/h3-8,13,16H,9-12H2,1-2H3,(H,22,25). The van der Waals surface area contributed by atoms with Crippen molar-refractivity contribution in [2.45, 2.75) is 37.6 Å². The highest BCUT2D eigenvalue weighted by Gasteiger charge is 2.32. The van der Waals surface area contributed by atoms with Crippen LogP contribution in [0.5, 0.6) is 0 Å². The van der Waals surface area contributed by atoms with Crippen LogP contribution in [0.1, 0.15) is 48.0 Å². The van der Waals surface area contributed by atoms with Gasteiger partial charge in [-0.3, -0.25) is 9.59 Å². The van der Waals surface area contributed by atoms with Crippen molar-refractivity contribution < 1.29 is 18.0 Å². The lowest BCUT2D eigenvalue weighted by atomic mass is 9.97. The topological polar surface area (TPSA) is 83.6 Å². The van der Waals surface area contributed by atoms with Gasteiger partial charge in [0, 0.05) is 29.4 Å². The van der Waals surface area contributed by atoms with Crippen LogP contribution in [0.4, 0.5) is 0 Å². The number of halogens is 1. The van der Waals surface area contributed by atoms with E-state index in [0.717, 1.165) is 8.66 Å². The van der Waals surface area contributed by atoms with E-state index in [2.05, 4.69) is 21.2 Å². The number of sulfonamides is 1. The van der Waals surface area contributed by atoms with Crippen LogP contribution in [0.15, 0.2) is 45.1 Å². The number of carbonyl (C=O) groups excluding carboxylic acids is 2. The van der Waals surface area contributed by atoms with Gasteiger partial charge < -0.3 is 5.32 Å². The largest absolute Gasteiger partial charge is 0.349 e. The zero-order chi connectivity index (χ0) is 21.2. The van der Waals surface area contributed by atoms with Gasteiger partial charge in [0.25, 0.3) is 0 Å². The molecule has 1 fully saturated rings. The lowest BCUT2D eigenvalue weighted by Gasteiger charge is -2.31. The van der Waals surface area contributed by atoms with Crippen molar-refractivity contribution in [3.63, 3.8) is 0 Å². The van der Waals surface area contributed by atoms with Gasteiger partial charge in [-0.05, 0) is 66.9 Å². The van der Waals surface area contributed by atoms with Crippen molar-refractivity contribution in [1.29, 1.82) is 0 Å². The van der Waals surface area contributed by atoms with Gasteiger partial charge in [0.15, 0.2) is 5.78 Å².